The molecule has 0 bridgehead atoms. The zero-order valence-corrected chi connectivity index (χ0v) is 33.6. The van der Waals surface area contributed by atoms with Gasteiger partial charge in [-0.1, -0.05) is 13.8 Å². The van der Waals surface area contributed by atoms with Gasteiger partial charge in [-0.15, -0.1) is 23.5 Å². The summed E-state index contributed by atoms with van der Waals surface area (Å²) in [6.07, 6.45) is -9.17. The molecular weight excluding hydrogens is 963 g/mol. The Morgan fingerprint density at radius 2 is 1.14 bits per heavy atom. The molecule has 0 saturated heterocycles. The first-order valence-corrected chi connectivity index (χ1v) is 19.2. The highest BCUT2D eigenvalue weighted by Crippen LogP contribution is 2.37. The van der Waals surface area contributed by atoms with Crippen LogP contribution in [-0.4, -0.2) is 50.5 Å². The third kappa shape index (κ3) is 8.31. The van der Waals surface area contributed by atoms with Crippen molar-refractivity contribution in [2.75, 3.05) is 11.5 Å². The number of aryl methyl sites for hydroxylation is 2. The Balaban J connectivity index is 0.000000198. The summed E-state index contributed by atoms with van der Waals surface area (Å²) in [5.41, 5.74) is -0.157. The summed E-state index contributed by atoms with van der Waals surface area (Å²) in [4.78, 5) is 26.6. The Morgan fingerprint density at radius 3 is 1.57 bits per heavy atom. The molecule has 0 aliphatic carbocycles. The number of thioether (sulfide) groups is 2. The summed E-state index contributed by atoms with van der Waals surface area (Å²) < 4.78 is 83.0. The van der Waals surface area contributed by atoms with Crippen molar-refractivity contribution in [2.24, 2.45) is 14.1 Å². The molecule has 0 radical (unpaired) electrons. The van der Waals surface area contributed by atoms with Crippen LogP contribution in [0.5, 0.6) is 0 Å². The predicted octanol–water partition coefficient (Wildman–Crippen LogP) is 10.3. The molecule has 6 aromatic rings. The molecule has 0 spiro atoms. The molecule has 0 aromatic carbocycles. The molecule has 0 unspecified atom stereocenters. The first-order valence-electron chi connectivity index (χ1n) is 14.5. The molecular formula is C31H22Br2F6IN9S2. The van der Waals surface area contributed by atoms with Gasteiger partial charge in [-0.3, -0.25) is 0 Å². The van der Waals surface area contributed by atoms with Crippen LogP contribution < -0.4 is 0 Å². The second kappa shape index (κ2) is 15.5. The van der Waals surface area contributed by atoms with Gasteiger partial charge in [0, 0.05) is 23.9 Å². The molecule has 266 valence electrons. The van der Waals surface area contributed by atoms with Gasteiger partial charge in [0.15, 0.2) is 17.3 Å². The van der Waals surface area contributed by atoms with Gasteiger partial charge in [0.1, 0.15) is 52.8 Å². The van der Waals surface area contributed by atoms with Crippen LogP contribution in [0.4, 0.5) is 26.3 Å². The van der Waals surface area contributed by atoms with Gasteiger partial charge in [-0.2, -0.15) is 31.6 Å². The minimum absolute atomic E-state index is 0.0515. The summed E-state index contributed by atoms with van der Waals surface area (Å²) in [5.74, 6) is 2.52. The van der Waals surface area contributed by atoms with Crippen molar-refractivity contribution in [1.82, 2.24) is 39.0 Å². The van der Waals surface area contributed by atoms with Gasteiger partial charge in [-0.25, -0.2) is 29.9 Å². The average Bonchev–Trinajstić information content (AvgIpc) is 3.58. The fourth-order valence-corrected chi connectivity index (χ4v) is 7.94. The van der Waals surface area contributed by atoms with Crippen molar-refractivity contribution in [3.63, 3.8) is 0 Å². The SMILES string of the molecule is CCSc1ccc(Br)nc1-c1nc2cc(C(F)(F)F)nc(C#N)c2n1C.CCSc1ccc(Br)nc1-c1nc2cc(C(F)(F)F)nc(I)c2n1C. The summed E-state index contributed by atoms with van der Waals surface area (Å²) in [7, 11) is 3.38. The predicted molar refractivity (Wildman–Crippen MR) is 199 cm³/mol. The molecule has 6 heterocycles. The summed E-state index contributed by atoms with van der Waals surface area (Å²) in [5, 5.41) is 9.26. The largest absolute Gasteiger partial charge is 0.433 e. The zero-order valence-electron chi connectivity index (χ0n) is 26.6. The van der Waals surface area contributed by atoms with E-state index in [1.165, 1.54) is 0 Å². The van der Waals surface area contributed by atoms with E-state index in [0.717, 1.165) is 33.4 Å². The molecule has 0 fully saturated rings. The third-order valence-corrected chi connectivity index (χ3v) is 10.5. The van der Waals surface area contributed by atoms with Crippen molar-refractivity contribution >= 4 is 100 Å². The number of aromatic nitrogens is 8. The van der Waals surface area contributed by atoms with Crippen molar-refractivity contribution in [3.05, 3.63) is 66.4 Å². The van der Waals surface area contributed by atoms with Crippen molar-refractivity contribution in [2.45, 2.75) is 36.0 Å². The van der Waals surface area contributed by atoms with Gasteiger partial charge in [0.2, 0.25) is 0 Å². The van der Waals surface area contributed by atoms with Crippen LogP contribution in [0.1, 0.15) is 30.9 Å². The Morgan fingerprint density at radius 1 is 0.706 bits per heavy atom. The maximum absolute atomic E-state index is 13.1. The van der Waals surface area contributed by atoms with Gasteiger partial charge < -0.3 is 9.13 Å². The van der Waals surface area contributed by atoms with Crippen LogP contribution in [0.25, 0.3) is 45.1 Å². The minimum Gasteiger partial charge on any atom is -0.324 e. The number of nitriles is 1. The van der Waals surface area contributed by atoms with E-state index < -0.39 is 23.7 Å². The molecule has 0 aliphatic rings. The molecule has 0 aliphatic heterocycles. The van der Waals surface area contributed by atoms with E-state index in [1.807, 2.05) is 54.6 Å². The molecule has 0 saturated carbocycles. The monoisotopic (exact) mass is 983 g/mol. The lowest BCUT2D eigenvalue weighted by Gasteiger charge is -2.09. The molecule has 0 N–H and O–H groups in total. The lowest BCUT2D eigenvalue weighted by molar-refractivity contribution is -0.141. The first-order chi connectivity index (χ1) is 24.0. The Bertz CT molecular complexity index is 2320. The number of fused-ring (bicyclic) bond motifs is 2. The Kier molecular flexibility index (Phi) is 11.9. The summed E-state index contributed by atoms with van der Waals surface area (Å²) in [6, 6.07) is 11.0. The van der Waals surface area contributed by atoms with Crippen LogP contribution in [0.3, 0.4) is 0 Å². The fraction of sp³-hybridized carbons (Fsp3) is 0.258. The molecule has 9 nitrogen and oxygen atoms in total. The van der Waals surface area contributed by atoms with E-state index in [0.29, 0.717) is 37.8 Å². The molecule has 6 aromatic heterocycles. The number of hydrogen-bond acceptors (Lipinski definition) is 9. The molecule has 0 amide bonds. The minimum atomic E-state index is -4.66. The highest BCUT2D eigenvalue weighted by Gasteiger charge is 2.35. The zero-order chi connectivity index (χ0) is 37.4. The van der Waals surface area contributed by atoms with Crippen LogP contribution >= 0.6 is 78.0 Å². The van der Waals surface area contributed by atoms with Gasteiger partial charge in [0.05, 0.1) is 11.0 Å². The van der Waals surface area contributed by atoms with Gasteiger partial charge in [0.25, 0.3) is 0 Å². The first kappa shape index (κ1) is 39.2. The van der Waals surface area contributed by atoms with Crippen LogP contribution in [0.15, 0.2) is 55.4 Å². The normalized spacial score (nSPS) is 11.9. The van der Waals surface area contributed by atoms with Crippen LogP contribution in [0.2, 0.25) is 0 Å². The van der Waals surface area contributed by atoms with Crippen molar-refractivity contribution in [3.8, 4) is 29.1 Å². The molecule has 0 atom stereocenters. The van der Waals surface area contributed by atoms with E-state index in [1.54, 1.807) is 58.9 Å². The maximum atomic E-state index is 13.1. The fourth-order valence-electron chi connectivity index (χ4n) is 4.92. The second-order valence-electron chi connectivity index (χ2n) is 10.3. The quantitative estimate of drug-likeness (QED) is 0.0697. The second-order valence-corrected chi connectivity index (χ2v) is 15.6. The average molecular weight is 985 g/mol. The topological polar surface area (TPSA) is 111 Å². The Labute approximate surface area is 325 Å². The highest BCUT2D eigenvalue weighted by atomic mass is 127. The molecule has 6 rings (SSSR count). The van der Waals surface area contributed by atoms with Crippen molar-refractivity contribution in [1.29, 1.82) is 5.26 Å². The number of rotatable bonds is 6. The highest BCUT2D eigenvalue weighted by molar-refractivity contribution is 14.1. The lowest BCUT2D eigenvalue weighted by atomic mass is 10.2. The van der Waals surface area contributed by atoms with E-state index in [4.69, 9.17) is 0 Å². The standard InChI is InChI=1S/C16H11BrF3N5S.C15H11BrF3IN4S/c1-3-26-10-4-5-12(17)24-13(10)15-23-8-6-11(16(18,19)20)22-9(7-21)14(8)25(15)2;1-3-25-8-4-5-10(16)23-11(8)14-21-7-6-9(15(17,18)19)22-13(20)12(7)24(14)2/h4-6H,3H2,1-2H3;4-6H,3H2,1-2H3. The number of pyridine rings is 4. The summed E-state index contributed by atoms with van der Waals surface area (Å²) >= 11 is 11.6. The van der Waals surface area contributed by atoms with E-state index in [-0.39, 0.29) is 25.9 Å². The number of alkyl halides is 6. The number of nitrogens with zero attached hydrogens (tertiary/aromatic N) is 9. The van der Waals surface area contributed by atoms with Crippen molar-refractivity contribution < 1.29 is 26.3 Å². The molecule has 20 heteroatoms. The lowest BCUT2D eigenvalue weighted by Crippen LogP contribution is -2.09. The Hall–Kier alpha value is -3.00. The smallest absolute Gasteiger partial charge is 0.324 e. The van der Waals surface area contributed by atoms with E-state index in [9.17, 15) is 31.6 Å². The van der Waals surface area contributed by atoms with E-state index in [2.05, 4.69) is 61.8 Å². The third-order valence-electron chi connectivity index (χ3n) is 7.02. The van der Waals surface area contributed by atoms with Gasteiger partial charge in [-0.05, 0) is 102 Å². The molecule has 51 heavy (non-hydrogen) atoms. The number of imidazole rings is 2. The number of hydrogen-bond donors (Lipinski definition) is 0. The number of halogens is 9. The van der Waals surface area contributed by atoms with Gasteiger partial charge >= 0.3 is 12.4 Å². The maximum Gasteiger partial charge on any atom is 0.433 e. The van der Waals surface area contributed by atoms with Crippen LogP contribution in [0, 0.1) is 15.0 Å². The van der Waals surface area contributed by atoms with Crippen LogP contribution in [-0.2, 0) is 26.4 Å². The van der Waals surface area contributed by atoms with E-state index >= 15 is 0 Å². The summed E-state index contributed by atoms with van der Waals surface area (Å²) in [6.45, 7) is 4.01.